The van der Waals surface area contributed by atoms with Crippen molar-refractivity contribution >= 4 is 28.5 Å². The van der Waals surface area contributed by atoms with E-state index in [0.29, 0.717) is 24.8 Å². The minimum Gasteiger partial charge on any atom is -0.423 e. The first kappa shape index (κ1) is 23.7. The molecule has 7 nitrogen and oxygen atoms in total. The summed E-state index contributed by atoms with van der Waals surface area (Å²) in [6.45, 7) is 12.2. The van der Waals surface area contributed by atoms with Crippen LogP contribution in [0.4, 0.5) is 5.82 Å². The topological polar surface area (TPSA) is 75.6 Å². The highest BCUT2D eigenvalue weighted by Crippen LogP contribution is 2.42. The summed E-state index contributed by atoms with van der Waals surface area (Å²) in [6, 6.07) is 12.1. The van der Waals surface area contributed by atoms with E-state index in [9.17, 15) is 9.59 Å². The van der Waals surface area contributed by atoms with E-state index in [1.165, 1.54) is 17.7 Å². The molecule has 2 aromatic carbocycles. The van der Waals surface area contributed by atoms with Crippen molar-refractivity contribution in [3.8, 4) is 5.75 Å². The smallest absolute Gasteiger partial charge is 0.335 e. The van der Waals surface area contributed by atoms with Crippen molar-refractivity contribution < 1.29 is 14.3 Å². The van der Waals surface area contributed by atoms with Gasteiger partial charge < -0.3 is 14.5 Å². The van der Waals surface area contributed by atoms with Crippen LogP contribution in [0.15, 0.2) is 68.0 Å². The van der Waals surface area contributed by atoms with Crippen molar-refractivity contribution in [2.24, 2.45) is 5.92 Å². The number of nitrogens with zero attached hydrogens (tertiary/aromatic N) is 4. The molecule has 0 spiro atoms. The zero-order valence-electron chi connectivity index (χ0n) is 20.5. The summed E-state index contributed by atoms with van der Waals surface area (Å²) in [7, 11) is 0. The van der Waals surface area contributed by atoms with Gasteiger partial charge in [0.05, 0.1) is 0 Å². The highest BCUT2D eigenvalue weighted by Gasteiger charge is 2.33. The summed E-state index contributed by atoms with van der Waals surface area (Å²) in [5.74, 6) is 1.57. The molecule has 1 amide bonds. The molecule has 1 fully saturated rings. The predicted molar refractivity (Wildman–Crippen MR) is 140 cm³/mol. The Morgan fingerprint density at radius 3 is 2.56 bits per heavy atom. The lowest BCUT2D eigenvalue weighted by molar-refractivity contribution is -0.129. The molecule has 2 atom stereocenters. The number of rotatable bonds is 5. The second-order valence-corrected chi connectivity index (χ2v) is 9.49. The maximum atomic E-state index is 12.0. The van der Waals surface area contributed by atoms with Crippen molar-refractivity contribution in [1.29, 1.82) is 0 Å². The Balaban J connectivity index is 1.46. The Kier molecular flexibility index (Phi) is 6.55. The third-order valence-electron chi connectivity index (χ3n) is 7.36. The molecule has 7 heteroatoms. The van der Waals surface area contributed by atoms with Gasteiger partial charge in [0.2, 0.25) is 5.91 Å². The molecule has 0 saturated carbocycles. The summed E-state index contributed by atoms with van der Waals surface area (Å²) in [6.07, 6.45) is 5.85. The van der Waals surface area contributed by atoms with E-state index in [-0.39, 0.29) is 11.8 Å². The number of carbonyl (C=O) groups excluding carboxylic acids is 2. The van der Waals surface area contributed by atoms with Gasteiger partial charge in [-0.05, 0) is 59.2 Å². The Labute approximate surface area is 211 Å². The van der Waals surface area contributed by atoms with Crippen LogP contribution >= 0.6 is 0 Å². The van der Waals surface area contributed by atoms with E-state index < -0.39 is 5.97 Å². The molecule has 1 aromatic heterocycles. The molecule has 0 radical (unpaired) electrons. The van der Waals surface area contributed by atoms with Crippen LogP contribution in [0.2, 0.25) is 0 Å². The Bertz CT molecular complexity index is 1340. The zero-order chi connectivity index (χ0) is 25.2. The average Bonchev–Trinajstić information content (AvgIpc) is 2.91. The molecule has 0 N–H and O–H groups in total. The maximum Gasteiger partial charge on any atom is 0.335 e. The minimum absolute atomic E-state index is 0.0240. The van der Waals surface area contributed by atoms with Crippen molar-refractivity contribution in [1.82, 2.24) is 14.9 Å². The monoisotopic (exact) mass is 482 g/mol. The van der Waals surface area contributed by atoms with Gasteiger partial charge in [0.25, 0.3) is 0 Å². The molecule has 1 aliphatic heterocycles. The number of ether oxygens (including phenoxy) is 1. The highest BCUT2D eigenvalue weighted by molar-refractivity contribution is 5.90. The van der Waals surface area contributed by atoms with Crippen LogP contribution in [0.3, 0.4) is 0 Å². The number of piperazine rings is 1. The molecule has 1 saturated heterocycles. The number of benzene rings is 2. The fraction of sp³-hybridized carbons (Fsp3) is 0.310. The van der Waals surface area contributed by atoms with Crippen LogP contribution in [0, 0.1) is 5.92 Å². The number of fused-ring (bicyclic) bond motifs is 2. The minimum atomic E-state index is -0.467. The molecule has 1 aliphatic carbocycles. The number of carbonyl (C=O) groups is 2. The summed E-state index contributed by atoms with van der Waals surface area (Å²) in [5, 5.41) is 2.20. The van der Waals surface area contributed by atoms with Gasteiger partial charge in [-0.2, -0.15) is 0 Å². The maximum absolute atomic E-state index is 12.0. The number of hydrogen-bond acceptors (Lipinski definition) is 6. The molecule has 184 valence electrons. The lowest BCUT2D eigenvalue weighted by Crippen LogP contribution is -2.49. The third-order valence-corrected chi connectivity index (χ3v) is 7.36. The van der Waals surface area contributed by atoms with Crippen molar-refractivity contribution in [2.75, 3.05) is 31.1 Å². The van der Waals surface area contributed by atoms with Crippen LogP contribution in [-0.2, 0) is 22.4 Å². The van der Waals surface area contributed by atoms with Gasteiger partial charge >= 0.3 is 5.97 Å². The van der Waals surface area contributed by atoms with E-state index in [1.807, 2.05) is 35.2 Å². The summed E-state index contributed by atoms with van der Waals surface area (Å²) < 4.78 is 5.52. The van der Waals surface area contributed by atoms with Crippen LogP contribution in [0.5, 0.6) is 5.75 Å². The number of aromatic nitrogens is 2. The van der Waals surface area contributed by atoms with E-state index in [0.717, 1.165) is 53.8 Å². The molecule has 2 aliphatic rings. The van der Waals surface area contributed by atoms with Gasteiger partial charge in [-0.15, -0.1) is 0 Å². The Morgan fingerprint density at radius 2 is 1.81 bits per heavy atom. The molecule has 3 aromatic rings. The van der Waals surface area contributed by atoms with Crippen LogP contribution < -0.4 is 9.64 Å². The molecular formula is C29H30N4O3. The quantitative estimate of drug-likeness (QED) is 0.310. The number of anilines is 1. The second-order valence-electron chi connectivity index (χ2n) is 9.49. The summed E-state index contributed by atoms with van der Waals surface area (Å²) >= 11 is 0. The number of esters is 1. The second kappa shape index (κ2) is 9.93. The number of amides is 1. The first-order valence-corrected chi connectivity index (χ1v) is 12.3. The van der Waals surface area contributed by atoms with E-state index in [2.05, 4.69) is 36.0 Å². The third kappa shape index (κ3) is 4.49. The molecule has 5 rings (SSSR count). The van der Waals surface area contributed by atoms with E-state index in [1.54, 1.807) is 6.33 Å². The fourth-order valence-corrected chi connectivity index (χ4v) is 5.49. The van der Waals surface area contributed by atoms with Crippen LogP contribution in [-0.4, -0.2) is 52.9 Å². The van der Waals surface area contributed by atoms with Gasteiger partial charge in [-0.1, -0.05) is 44.3 Å². The van der Waals surface area contributed by atoms with Gasteiger partial charge in [-0.3, -0.25) is 4.79 Å². The largest absolute Gasteiger partial charge is 0.423 e. The average molecular weight is 483 g/mol. The van der Waals surface area contributed by atoms with E-state index in [4.69, 9.17) is 9.72 Å². The SMILES string of the molecule is C=CC(=O)Oc1cc(C2Cc3ncnc(N4CCN(C(=O)C=C)CC4)c3CC2C)c2ccccc2c1. The zero-order valence-corrected chi connectivity index (χ0v) is 20.5. The molecule has 2 heterocycles. The van der Waals surface area contributed by atoms with Crippen molar-refractivity contribution in [2.45, 2.75) is 25.7 Å². The lowest BCUT2D eigenvalue weighted by atomic mass is 9.74. The summed E-state index contributed by atoms with van der Waals surface area (Å²) in [5.41, 5.74) is 3.42. The Hall–Kier alpha value is -4.00. The molecular weight excluding hydrogens is 452 g/mol. The molecule has 0 bridgehead atoms. The lowest BCUT2D eigenvalue weighted by Gasteiger charge is -2.38. The number of hydrogen-bond donors (Lipinski definition) is 0. The fourth-order valence-electron chi connectivity index (χ4n) is 5.49. The van der Waals surface area contributed by atoms with Gasteiger partial charge in [-0.25, -0.2) is 14.8 Å². The normalized spacial score (nSPS) is 19.5. The standard InChI is InChI=1S/C29H30N4O3/c1-4-27(34)32-10-12-33(13-11-32)29-25-14-19(3)23(17-26(25)30-18-31-29)24-16-21(36-28(35)5-2)15-20-8-6-7-9-22(20)24/h4-9,15-16,18-19,23H,1-2,10-14,17H2,3H3. The van der Waals surface area contributed by atoms with Gasteiger partial charge in [0, 0.05) is 43.5 Å². The van der Waals surface area contributed by atoms with Crippen molar-refractivity contribution in [3.05, 3.63) is 84.9 Å². The predicted octanol–water partition coefficient (Wildman–Crippen LogP) is 4.07. The van der Waals surface area contributed by atoms with E-state index >= 15 is 0 Å². The first-order valence-electron chi connectivity index (χ1n) is 12.3. The highest BCUT2D eigenvalue weighted by atomic mass is 16.5. The van der Waals surface area contributed by atoms with Crippen LogP contribution in [0.25, 0.3) is 10.8 Å². The molecule has 2 unspecified atom stereocenters. The van der Waals surface area contributed by atoms with Crippen LogP contribution in [0.1, 0.15) is 29.7 Å². The first-order chi connectivity index (χ1) is 17.5. The summed E-state index contributed by atoms with van der Waals surface area (Å²) in [4.78, 5) is 37.3. The Morgan fingerprint density at radius 1 is 1.03 bits per heavy atom. The van der Waals surface area contributed by atoms with Gasteiger partial charge in [0.15, 0.2) is 0 Å². The van der Waals surface area contributed by atoms with Gasteiger partial charge in [0.1, 0.15) is 17.9 Å². The van der Waals surface area contributed by atoms with Crippen molar-refractivity contribution in [3.63, 3.8) is 0 Å². The molecule has 36 heavy (non-hydrogen) atoms.